The maximum atomic E-state index is 13.5. The number of hydrogen-bond acceptors (Lipinski definition) is 5. The second-order valence-electron chi connectivity index (χ2n) is 9.78. The fourth-order valence-corrected chi connectivity index (χ4v) is 5.33. The van der Waals surface area contributed by atoms with Crippen molar-refractivity contribution in [3.8, 4) is 11.5 Å². The molecule has 0 unspecified atom stereocenters. The highest BCUT2D eigenvalue weighted by Gasteiger charge is 2.54. The number of imide groups is 1. The van der Waals surface area contributed by atoms with Crippen LogP contribution in [0.25, 0.3) is 0 Å². The van der Waals surface area contributed by atoms with Gasteiger partial charge in [-0.1, -0.05) is 44.2 Å². The summed E-state index contributed by atoms with van der Waals surface area (Å²) in [6, 6.07) is 12.5. The van der Waals surface area contributed by atoms with Crippen LogP contribution in [0.5, 0.6) is 11.5 Å². The summed E-state index contributed by atoms with van der Waals surface area (Å²) in [4.78, 5) is 40.5. The van der Waals surface area contributed by atoms with E-state index in [1.807, 2.05) is 56.3 Å². The molecular weight excluding hydrogens is 446 g/mol. The van der Waals surface area contributed by atoms with E-state index in [1.54, 1.807) is 0 Å². The van der Waals surface area contributed by atoms with Crippen molar-refractivity contribution in [2.24, 2.45) is 5.92 Å². The Bertz CT molecular complexity index is 1160. The molecule has 0 bridgehead atoms. The normalized spacial score (nSPS) is 22.0. The number of fused-ring (bicyclic) bond motifs is 3. The molecule has 2 atom stereocenters. The first-order valence-corrected chi connectivity index (χ1v) is 12.3. The molecular formula is C27H31N3O5. The fraction of sp³-hybridized carbons (Fsp3) is 0.444. The maximum Gasteiger partial charge on any atom is 0.325 e. The van der Waals surface area contributed by atoms with E-state index in [1.165, 1.54) is 0 Å². The van der Waals surface area contributed by atoms with Gasteiger partial charge in [0.05, 0.1) is 19.3 Å². The molecule has 0 saturated carbocycles. The molecule has 4 amide bonds. The van der Waals surface area contributed by atoms with Crippen LogP contribution in [0, 0.1) is 5.92 Å². The smallest absolute Gasteiger partial charge is 0.325 e. The first-order chi connectivity index (χ1) is 16.9. The van der Waals surface area contributed by atoms with Gasteiger partial charge in [0.25, 0.3) is 5.91 Å². The molecule has 8 nitrogen and oxygen atoms in total. The molecule has 0 radical (unpaired) electrons. The molecule has 1 saturated heterocycles. The van der Waals surface area contributed by atoms with Gasteiger partial charge in [0.1, 0.15) is 12.1 Å². The lowest BCUT2D eigenvalue weighted by molar-refractivity contribution is -0.136. The van der Waals surface area contributed by atoms with Crippen molar-refractivity contribution in [2.75, 3.05) is 19.8 Å². The molecule has 1 fully saturated rings. The van der Waals surface area contributed by atoms with Crippen LogP contribution in [-0.2, 0) is 21.5 Å². The average molecular weight is 478 g/mol. The second kappa shape index (κ2) is 9.24. The number of carbonyl (C=O) groups is 3. The van der Waals surface area contributed by atoms with Gasteiger partial charge in [-0.05, 0) is 54.0 Å². The second-order valence-corrected chi connectivity index (χ2v) is 9.78. The predicted octanol–water partition coefficient (Wildman–Crippen LogP) is 3.44. The summed E-state index contributed by atoms with van der Waals surface area (Å²) in [6.45, 7) is 4.87. The lowest BCUT2D eigenvalue weighted by Gasteiger charge is -2.33. The van der Waals surface area contributed by atoms with Gasteiger partial charge in [-0.3, -0.25) is 14.5 Å². The van der Waals surface area contributed by atoms with Crippen LogP contribution in [0.2, 0.25) is 0 Å². The van der Waals surface area contributed by atoms with Gasteiger partial charge in [0.2, 0.25) is 5.91 Å². The number of nitrogens with zero attached hydrogens (tertiary/aromatic N) is 1. The molecule has 1 aliphatic carbocycles. The van der Waals surface area contributed by atoms with Crippen molar-refractivity contribution in [2.45, 2.75) is 51.1 Å². The molecule has 5 rings (SSSR count). The number of benzene rings is 2. The van der Waals surface area contributed by atoms with Crippen molar-refractivity contribution >= 4 is 17.8 Å². The minimum absolute atomic E-state index is 0.0726. The van der Waals surface area contributed by atoms with Crippen molar-refractivity contribution < 1.29 is 23.9 Å². The summed E-state index contributed by atoms with van der Waals surface area (Å²) >= 11 is 0. The Morgan fingerprint density at radius 1 is 1.09 bits per heavy atom. The summed E-state index contributed by atoms with van der Waals surface area (Å²) in [5, 5.41) is 5.93. The van der Waals surface area contributed by atoms with Crippen LogP contribution >= 0.6 is 0 Å². The third-order valence-corrected chi connectivity index (χ3v) is 7.07. The van der Waals surface area contributed by atoms with Crippen molar-refractivity contribution in [1.82, 2.24) is 15.5 Å². The van der Waals surface area contributed by atoms with Crippen molar-refractivity contribution in [3.05, 3.63) is 59.2 Å². The van der Waals surface area contributed by atoms with Crippen LogP contribution in [0.1, 0.15) is 55.8 Å². The van der Waals surface area contributed by atoms with E-state index in [9.17, 15) is 14.4 Å². The first kappa shape index (κ1) is 23.2. The Kier molecular flexibility index (Phi) is 6.13. The van der Waals surface area contributed by atoms with E-state index in [0.29, 0.717) is 31.1 Å². The molecule has 1 spiro atoms. The van der Waals surface area contributed by atoms with E-state index < -0.39 is 11.6 Å². The third-order valence-electron chi connectivity index (χ3n) is 7.07. The van der Waals surface area contributed by atoms with E-state index in [0.717, 1.165) is 40.9 Å². The van der Waals surface area contributed by atoms with Crippen LogP contribution in [0.4, 0.5) is 4.79 Å². The van der Waals surface area contributed by atoms with Gasteiger partial charge in [0, 0.05) is 6.42 Å². The molecule has 2 aromatic carbocycles. The van der Waals surface area contributed by atoms with Gasteiger partial charge in [-0.15, -0.1) is 0 Å². The van der Waals surface area contributed by atoms with Crippen LogP contribution in [0.15, 0.2) is 42.5 Å². The third kappa shape index (κ3) is 4.22. The molecule has 2 N–H and O–H groups in total. The quantitative estimate of drug-likeness (QED) is 0.643. The fourth-order valence-electron chi connectivity index (χ4n) is 5.33. The topological polar surface area (TPSA) is 97.0 Å². The number of hydrogen-bond donors (Lipinski definition) is 2. The highest BCUT2D eigenvalue weighted by molar-refractivity contribution is 6.09. The van der Waals surface area contributed by atoms with Crippen LogP contribution < -0.4 is 20.1 Å². The molecule has 2 heterocycles. The number of nitrogens with one attached hydrogen (secondary N) is 2. The first-order valence-electron chi connectivity index (χ1n) is 12.3. The number of carbonyl (C=O) groups excluding carboxylic acids is 3. The Morgan fingerprint density at radius 3 is 2.66 bits per heavy atom. The zero-order valence-corrected chi connectivity index (χ0v) is 20.1. The van der Waals surface area contributed by atoms with Crippen molar-refractivity contribution in [3.63, 3.8) is 0 Å². The van der Waals surface area contributed by atoms with Gasteiger partial charge >= 0.3 is 6.03 Å². The van der Waals surface area contributed by atoms with E-state index in [2.05, 4.69) is 10.6 Å². The van der Waals surface area contributed by atoms with Crippen LogP contribution in [-0.4, -0.2) is 42.5 Å². The lowest BCUT2D eigenvalue weighted by Crippen LogP contribution is -2.47. The van der Waals surface area contributed by atoms with Gasteiger partial charge in [-0.25, -0.2) is 4.79 Å². The van der Waals surface area contributed by atoms with E-state index >= 15 is 0 Å². The molecule has 0 aromatic heterocycles. The minimum Gasteiger partial charge on any atom is -0.490 e. The Balaban J connectivity index is 1.33. The summed E-state index contributed by atoms with van der Waals surface area (Å²) < 4.78 is 11.5. The largest absolute Gasteiger partial charge is 0.490 e. The maximum absolute atomic E-state index is 13.5. The molecule has 2 aliphatic heterocycles. The monoisotopic (exact) mass is 477 g/mol. The lowest BCUT2D eigenvalue weighted by atomic mass is 9.76. The molecule has 35 heavy (non-hydrogen) atoms. The minimum atomic E-state index is -1.09. The zero-order valence-electron chi connectivity index (χ0n) is 20.1. The van der Waals surface area contributed by atoms with Crippen molar-refractivity contribution in [1.29, 1.82) is 0 Å². The van der Waals surface area contributed by atoms with Gasteiger partial charge in [-0.2, -0.15) is 0 Å². The standard InChI is InChI=1S/C27H31N3O5/c1-17(2)24(19-10-11-21-22(15-19)35-14-6-13-34-21)28-23(31)16-30-25(32)27(29-26(30)33)12-5-8-18-7-3-4-9-20(18)27/h3-4,7,9-11,15,17,24H,5-6,8,12-14,16H2,1-2H3,(H,28,31)(H,29,33)/t24-,27+/m1/s1. The zero-order chi connectivity index (χ0) is 24.6. The Hall–Kier alpha value is -3.55. The predicted molar refractivity (Wildman–Crippen MR) is 129 cm³/mol. The molecule has 2 aromatic rings. The molecule has 3 aliphatic rings. The number of rotatable bonds is 5. The van der Waals surface area contributed by atoms with E-state index in [4.69, 9.17) is 9.47 Å². The number of ether oxygens (including phenoxy) is 2. The number of aryl methyl sites for hydroxylation is 1. The van der Waals surface area contributed by atoms with Crippen LogP contribution in [0.3, 0.4) is 0 Å². The Labute approximate surface area is 205 Å². The summed E-state index contributed by atoms with van der Waals surface area (Å²) in [5.41, 5.74) is 1.69. The van der Waals surface area contributed by atoms with Gasteiger partial charge < -0.3 is 20.1 Å². The average Bonchev–Trinajstić information content (AvgIpc) is 3.00. The number of urea groups is 1. The summed E-state index contributed by atoms with van der Waals surface area (Å²) in [5.74, 6) is 0.676. The number of amides is 4. The SMILES string of the molecule is CC(C)[C@@H](NC(=O)CN1C(=O)N[C@]2(CCCc3ccccc32)C1=O)c1ccc2c(c1)OCCCO2. The molecule has 184 valence electrons. The highest BCUT2D eigenvalue weighted by atomic mass is 16.5. The molecule has 8 heteroatoms. The summed E-state index contributed by atoms with van der Waals surface area (Å²) in [7, 11) is 0. The highest BCUT2D eigenvalue weighted by Crippen LogP contribution is 2.40. The van der Waals surface area contributed by atoms with Gasteiger partial charge in [0.15, 0.2) is 11.5 Å². The van der Waals surface area contributed by atoms with E-state index in [-0.39, 0.29) is 30.3 Å². The Morgan fingerprint density at radius 2 is 1.86 bits per heavy atom. The summed E-state index contributed by atoms with van der Waals surface area (Å²) in [6.07, 6.45) is 3.00.